The summed E-state index contributed by atoms with van der Waals surface area (Å²) in [4.78, 5) is 33.9. The summed E-state index contributed by atoms with van der Waals surface area (Å²) >= 11 is 0. The Morgan fingerprint density at radius 2 is 2.00 bits per heavy atom. The number of rotatable bonds is 11. The lowest BCUT2D eigenvalue weighted by atomic mass is 10.3. The molecule has 0 saturated carbocycles. The van der Waals surface area contributed by atoms with Crippen LogP contribution in [0.15, 0.2) is 12.7 Å². The number of carbonyl (C=O) groups is 3. The van der Waals surface area contributed by atoms with Crippen molar-refractivity contribution in [2.45, 2.75) is 32.8 Å². The molecule has 0 rings (SSSR count). The third-order valence-corrected chi connectivity index (χ3v) is 2.33. The first-order valence-corrected chi connectivity index (χ1v) is 6.82. The molecule has 7 heteroatoms. The van der Waals surface area contributed by atoms with E-state index in [0.29, 0.717) is 19.6 Å². The van der Waals surface area contributed by atoms with Crippen molar-refractivity contribution >= 4 is 17.8 Å². The van der Waals surface area contributed by atoms with Gasteiger partial charge in [0.1, 0.15) is 0 Å². The van der Waals surface area contributed by atoms with Gasteiger partial charge in [0.25, 0.3) is 5.91 Å². The topological polar surface area (TPSA) is 90.9 Å². The van der Waals surface area contributed by atoms with Crippen LogP contribution in [0.1, 0.15) is 26.7 Å². The number of carbonyl (C=O) groups excluding carboxylic acids is 3. The molecule has 1 amide bonds. The summed E-state index contributed by atoms with van der Waals surface area (Å²) in [6.07, 6.45) is 1.47. The van der Waals surface area contributed by atoms with E-state index in [1.54, 1.807) is 6.92 Å². The fourth-order valence-electron chi connectivity index (χ4n) is 1.28. The van der Waals surface area contributed by atoms with Crippen molar-refractivity contribution in [3.05, 3.63) is 12.7 Å². The SMILES string of the molecule is C=CCOC(C)C(=O)OCC(=O)NCCCC(=O)OCC. The number of ether oxygens (including phenoxy) is 3. The maximum atomic E-state index is 11.4. The molecule has 0 spiro atoms. The van der Waals surface area contributed by atoms with E-state index in [0.717, 1.165) is 0 Å². The first kappa shape index (κ1) is 19.1. The fourth-order valence-corrected chi connectivity index (χ4v) is 1.28. The van der Waals surface area contributed by atoms with Gasteiger partial charge in [-0.15, -0.1) is 6.58 Å². The summed E-state index contributed by atoms with van der Waals surface area (Å²) in [7, 11) is 0. The maximum Gasteiger partial charge on any atom is 0.335 e. The normalized spacial score (nSPS) is 11.3. The van der Waals surface area contributed by atoms with E-state index in [4.69, 9.17) is 14.2 Å². The van der Waals surface area contributed by atoms with Gasteiger partial charge in [0.2, 0.25) is 0 Å². The van der Waals surface area contributed by atoms with Crippen molar-refractivity contribution in [3.63, 3.8) is 0 Å². The van der Waals surface area contributed by atoms with Crippen LogP contribution in [-0.2, 0) is 28.6 Å². The quantitative estimate of drug-likeness (QED) is 0.341. The first-order valence-electron chi connectivity index (χ1n) is 6.82. The first-order chi connectivity index (χ1) is 10.0. The average molecular weight is 301 g/mol. The molecule has 0 aromatic heterocycles. The number of nitrogens with one attached hydrogen (secondary N) is 1. The second-order valence-corrected chi connectivity index (χ2v) is 4.13. The third kappa shape index (κ3) is 10.5. The van der Waals surface area contributed by atoms with Gasteiger partial charge >= 0.3 is 11.9 Å². The van der Waals surface area contributed by atoms with Crippen LogP contribution in [0.2, 0.25) is 0 Å². The zero-order valence-electron chi connectivity index (χ0n) is 12.6. The minimum atomic E-state index is -0.750. The Balaban J connectivity index is 3.68. The van der Waals surface area contributed by atoms with Crippen molar-refractivity contribution in [2.24, 2.45) is 0 Å². The largest absolute Gasteiger partial charge is 0.466 e. The Morgan fingerprint density at radius 1 is 1.29 bits per heavy atom. The average Bonchev–Trinajstić information content (AvgIpc) is 2.46. The standard InChI is InChI=1S/C14H23NO6/c1-4-9-20-11(3)14(18)21-10-12(16)15-8-6-7-13(17)19-5-2/h4,11H,1,5-10H2,2-3H3,(H,15,16). The van der Waals surface area contributed by atoms with E-state index < -0.39 is 18.0 Å². The van der Waals surface area contributed by atoms with E-state index in [-0.39, 0.29) is 25.6 Å². The molecule has 1 atom stereocenters. The fraction of sp³-hybridized carbons (Fsp3) is 0.643. The summed E-state index contributed by atoms with van der Waals surface area (Å²) < 4.78 is 14.6. The Bertz CT molecular complexity index is 355. The van der Waals surface area contributed by atoms with Crippen LogP contribution in [0.5, 0.6) is 0 Å². The van der Waals surface area contributed by atoms with Gasteiger partial charge < -0.3 is 19.5 Å². The Kier molecular flexibility index (Phi) is 10.8. The molecular weight excluding hydrogens is 278 g/mol. The number of amides is 1. The number of hydrogen-bond donors (Lipinski definition) is 1. The minimum absolute atomic E-state index is 0.232. The highest BCUT2D eigenvalue weighted by Gasteiger charge is 2.15. The van der Waals surface area contributed by atoms with E-state index >= 15 is 0 Å². The van der Waals surface area contributed by atoms with Crippen molar-refractivity contribution in [2.75, 3.05) is 26.4 Å². The smallest absolute Gasteiger partial charge is 0.335 e. The molecule has 0 aromatic carbocycles. The van der Waals surface area contributed by atoms with Crippen molar-refractivity contribution in [1.29, 1.82) is 0 Å². The summed E-state index contributed by atoms with van der Waals surface area (Å²) in [6.45, 7) is 7.23. The molecule has 1 N–H and O–H groups in total. The van der Waals surface area contributed by atoms with E-state index in [2.05, 4.69) is 11.9 Å². The summed E-state index contributed by atoms with van der Waals surface area (Å²) in [5, 5.41) is 2.54. The summed E-state index contributed by atoms with van der Waals surface area (Å²) in [6, 6.07) is 0. The lowest BCUT2D eigenvalue weighted by Crippen LogP contribution is -2.32. The molecule has 0 aliphatic carbocycles. The lowest BCUT2D eigenvalue weighted by Gasteiger charge is -2.11. The van der Waals surface area contributed by atoms with Crippen LogP contribution in [0.3, 0.4) is 0 Å². The molecule has 0 saturated heterocycles. The molecule has 7 nitrogen and oxygen atoms in total. The van der Waals surface area contributed by atoms with Gasteiger partial charge in [-0.2, -0.15) is 0 Å². The Labute approximate surface area is 124 Å². The Morgan fingerprint density at radius 3 is 2.62 bits per heavy atom. The molecule has 1 unspecified atom stereocenters. The number of hydrogen-bond acceptors (Lipinski definition) is 6. The van der Waals surface area contributed by atoms with Crippen molar-refractivity contribution in [3.8, 4) is 0 Å². The van der Waals surface area contributed by atoms with Gasteiger partial charge in [-0.3, -0.25) is 9.59 Å². The van der Waals surface area contributed by atoms with E-state index in [1.165, 1.54) is 13.0 Å². The van der Waals surface area contributed by atoms with Gasteiger partial charge in [-0.05, 0) is 20.3 Å². The highest BCUT2D eigenvalue weighted by Crippen LogP contribution is 1.95. The molecule has 0 radical (unpaired) electrons. The predicted molar refractivity (Wildman–Crippen MR) is 75.4 cm³/mol. The molecule has 0 fully saturated rings. The van der Waals surface area contributed by atoms with Crippen LogP contribution in [-0.4, -0.2) is 50.3 Å². The zero-order chi connectivity index (χ0) is 16.1. The number of esters is 2. The van der Waals surface area contributed by atoms with Crippen molar-refractivity contribution < 1.29 is 28.6 Å². The zero-order valence-corrected chi connectivity index (χ0v) is 12.6. The maximum absolute atomic E-state index is 11.4. The molecule has 0 aliphatic heterocycles. The van der Waals surface area contributed by atoms with Crippen LogP contribution < -0.4 is 5.32 Å². The second-order valence-electron chi connectivity index (χ2n) is 4.13. The molecular formula is C14H23NO6. The van der Waals surface area contributed by atoms with Crippen LogP contribution in [0, 0.1) is 0 Å². The van der Waals surface area contributed by atoms with E-state index in [9.17, 15) is 14.4 Å². The molecule has 0 aliphatic rings. The van der Waals surface area contributed by atoms with Gasteiger partial charge in [0.15, 0.2) is 12.7 Å². The highest BCUT2D eigenvalue weighted by atomic mass is 16.6. The molecule has 0 heterocycles. The monoisotopic (exact) mass is 301 g/mol. The molecule has 0 aromatic rings. The minimum Gasteiger partial charge on any atom is -0.466 e. The van der Waals surface area contributed by atoms with Crippen LogP contribution in [0.4, 0.5) is 0 Å². The van der Waals surface area contributed by atoms with E-state index in [1.807, 2.05) is 0 Å². The summed E-state index contributed by atoms with van der Waals surface area (Å²) in [5.74, 6) is -1.34. The predicted octanol–water partition coefficient (Wildman–Crippen LogP) is 0.580. The van der Waals surface area contributed by atoms with Crippen LogP contribution >= 0.6 is 0 Å². The lowest BCUT2D eigenvalue weighted by molar-refractivity contribution is -0.158. The third-order valence-electron chi connectivity index (χ3n) is 2.33. The van der Waals surface area contributed by atoms with Gasteiger partial charge in [-0.25, -0.2) is 4.79 Å². The Hall–Kier alpha value is -1.89. The molecule has 21 heavy (non-hydrogen) atoms. The van der Waals surface area contributed by atoms with Crippen LogP contribution in [0.25, 0.3) is 0 Å². The van der Waals surface area contributed by atoms with Gasteiger partial charge in [-0.1, -0.05) is 6.08 Å². The molecule has 120 valence electrons. The van der Waals surface area contributed by atoms with Crippen molar-refractivity contribution in [1.82, 2.24) is 5.32 Å². The van der Waals surface area contributed by atoms with Gasteiger partial charge in [0.05, 0.1) is 13.2 Å². The van der Waals surface area contributed by atoms with Gasteiger partial charge in [0, 0.05) is 13.0 Å². The molecule has 0 bridgehead atoms. The second kappa shape index (κ2) is 11.9. The highest BCUT2D eigenvalue weighted by molar-refractivity contribution is 5.81. The summed E-state index contributed by atoms with van der Waals surface area (Å²) in [5.41, 5.74) is 0.